The van der Waals surface area contributed by atoms with E-state index in [0.29, 0.717) is 0 Å². The molecule has 7 heteroatoms. The zero-order chi connectivity index (χ0) is 15.5. The standard InChI is InChI=1S/C15H14BrN5O/c1-11(21-10-12(16)9-18-21)15(22)19-13-3-5-14(6-4-13)20-8-2-7-17-20/h2-11H,1H3,(H,19,22)/t11-/m0/s1. The van der Waals surface area contributed by atoms with Crippen LogP contribution in [0, 0.1) is 0 Å². The Morgan fingerprint density at radius 1 is 1.27 bits per heavy atom. The SMILES string of the molecule is C[C@@H](C(=O)Nc1ccc(-n2cccn2)cc1)n1cc(Br)cn1. The maximum Gasteiger partial charge on any atom is 0.248 e. The largest absolute Gasteiger partial charge is 0.324 e. The van der Waals surface area contributed by atoms with E-state index in [1.807, 2.05) is 36.5 Å². The molecule has 0 saturated carbocycles. The van der Waals surface area contributed by atoms with Gasteiger partial charge in [-0.05, 0) is 53.2 Å². The Labute approximate surface area is 135 Å². The van der Waals surface area contributed by atoms with Gasteiger partial charge in [-0.1, -0.05) is 0 Å². The van der Waals surface area contributed by atoms with Crippen LogP contribution in [-0.4, -0.2) is 25.5 Å². The van der Waals surface area contributed by atoms with Gasteiger partial charge in [0.05, 0.1) is 16.4 Å². The van der Waals surface area contributed by atoms with Crippen LogP contribution in [0.3, 0.4) is 0 Å². The quantitative estimate of drug-likeness (QED) is 0.778. The first kappa shape index (κ1) is 14.5. The number of aromatic nitrogens is 4. The predicted molar refractivity (Wildman–Crippen MR) is 86.8 cm³/mol. The number of carbonyl (C=O) groups is 1. The van der Waals surface area contributed by atoms with Crippen LogP contribution in [0.25, 0.3) is 5.69 Å². The molecule has 3 rings (SSSR count). The van der Waals surface area contributed by atoms with Gasteiger partial charge in [-0.25, -0.2) is 4.68 Å². The van der Waals surface area contributed by atoms with Gasteiger partial charge in [0.25, 0.3) is 0 Å². The van der Waals surface area contributed by atoms with Crippen LogP contribution in [0.1, 0.15) is 13.0 Å². The second-order valence-corrected chi connectivity index (χ2v) is 5.72. The molecule has 0 unspecified atom stereocenters. The van der Waals surface area contributed by atoms with Gasteiger partial charge in [0.1, 0.15) is 6.04 Å². The summed E-state index contributed by atoms with van der Waals surface area (Å²) in [5.74, 6) is -0.123. The molecule has 0 fully saturated rings. The maximum atomic E-state index is 12.2. The molecule has 0 saturated heterocycles. The van der Waals surface area contributed by atoms with Crippen molar-refractivity contribution in [2.45, 2.75) is 13.0 Å². The van der Waals surface area contributed by atoms with Gasteiger partial charge < -0.3 is 5.32 Å². The van der Waals surface area contributed by atoms with E-state index in [2.05, 4.69) is 31.4 Å². The number of hydrogen-bond acceptors (Lipinski definition) is 3. The topological polar surface area (TPSA) is 64.7 Å². The van der Waals surface area contributed by atoms with Crippen molar-refractivity contribution in [2.75, 3.05) is 5.32 Å². The van der Waals surface area contributed by atoms with Gasteiger partial charge in [0.2, 0.25) is 5.91 Å². The van der Waals surface area contributed by atoms with Gasteiger partial charge in [-0.2, -0.15) is 10.2 Å². The first-order valence-corrected chi connectivity index (χ1v) is 7.53. The van der Waals surface area contributed by atoms with Gasteiger partial charge in [-0.15, -0.1) is 0 Å². The van der Waals surface area contributed by atoms with Gasteiger partial charge >= 0.3 is 0 Å². The summed E-state index contributed by atoms with van der Waals surface area (Å²) in [6.07, 6.45) is 7.01. The molecule has 0 bridgehead atoms. The third-order valence-electron chi connectivity index (χ3n) is 3.25. The fraction of sp³-hybridized carbons (Fsp3) is 0.133. The molecule has 112 valence electrons. The van der Waals surface area contributed by atoms with E-state index in [-0.39, 0.29) is 5.91 Å². The molecule has 1 atom stereocenters. The van der Waals surface area contributed by atoms with Crippen molar-refractivity contribution < 1.29 is 4.79 Å². The molecule has 0 radical (unpaired) electrons. The number of hydrogen-bond donors (Lipinski definition) is 1. The average molecular weight is 360 g/mol. The summed E-state index contributed by atoms with van der Waals surface area (Å²) in [5, 5.41) is 11.2. The van der Waals surface area contributed by atoms with Crippen molar-refractivity contribution in [1.29, 1.82) is 0 Å². The Morgan fingerprint density at radius 2 is 2.05 bits per heavy atom. The van der Waals surface area contributed by atoms with Crippen LogP contribution in [0.15, 0.2) is 59.6 Å². The summed E-state index contributed by atoms with van der Waals surface area (Å²) in [6, 6.07) is 8.97. The van der Waals surface area contributed by atoms with E-state index >= 15 is 0 Å². The zero-order valence-corrected chi connectivity index (χ0v) is 13.4. The van der Waals surface area contributed by atoms with Crippen LogP contribution in [0.4, 0.5) is 5.69 Å². The van der Waals surface area contributed by atoms with Crippen molar-refractivity contribution in [3.63, 3.8) is 0 Å². The lowest BCUT2D eigenvalue weighted by Crippen LogP contribution is -2.23. The summed E-state index contributed by atoms with van der Waals surface area (Å²) < 4.78 is 4.21. The number of amides is 1. The highest BCUT2D eigenvalue weighted by Crippen LogP contribution is 2.16. The Bertz CT molecular complexity index is 764. The summed E-state index contributed by atoms with van der Waals surface area (Å²) >= 11 is 3.32. The zero-order valence-electron chi connectivity index (χ0n) is 11.8. The molecule has 0 spiro atoms. The number of anilines is 1. The van der Waals surface area contributed by atoms with E-state index in [4.69, 9.17) is 0 Å². The molecule has 22 heavy (non-hydrogen) atoms. The second kappa shape index (κ2) is 6.15. The van der Waals surface area contributed by atoms with E-state index in [1.54, 1.807) is 34.9 Å². The lowest BCUT2D eigenvalue weighted by Gasteiger charge is -2.13. The normalized spacial score (nSPS) is 12.1. The molecule has 6 nitrogen and oxygen atoms in total. The van der Waals surface area contributed by atoms with Crippen LogP contribution < -0.4 is 5.32 Å². The monoisotopic (exact) mass is 359 g/mol. The third-order valence-corrected chi connectivity index (χ3v) is 3.66. The number of carbonyl (C=O) groups excluding carboxylic acids is 1. The fourth-order valence-corrected chi connectivity index (χ4v) is 2.31. The highest BCUT2D eigenvalue weighted by Gasteiger charge is 2.15. The van der Waals surface area contributed by atoms with Crippen molar-refractivity contribution in [2.24, 2.45) is 0 Å². The summed E-state index contributed by atoms with van der Waals surface area (Å²) in [5.41, 5.74) is 1.67. The fourth-order valence-electron chi connectivity index (χ4n) is 2.01. The second-order valence-electron chi connectivity index (χ2n) is 4.80. The minimum atomic E-state index is -0.392. The number of rotatable bonds is 4. The third kappa shape index (κ3) is 3.09. The van der Waals surface area contributed by atoms with E-state index in [1.165, 1.54) is 0 Å². The van der Waals surface area contributed by atoms with Crippen molar-refractivity contribution in [3.8, 4) is 5.69 Å². The molecule has 1 amide bonds. The van der Waals surface area contributed by atoms with Crippen LogP contribution in [0.2, 0.25) is 0 Å². The summed E-state index contributed by atoms with van der Waals surface area (Å²) in [6.45, 7) is 1.80. The Kier molecular flexibility index (Phi) is 4.06. The Morgan fingerprint density at radius 3 is 2.64 bits per heavy atom. The summed E-state index contributed by atoms with van der Waals surface area (Å²) in [4.78, 5) is 12.2. The predicted octanol–water partition coefficient (Wildman–Crippen LogP) is 3.03. The molecule has 0 aliphatic carbocycles. The minimum absolute atomic E-state index is 0.123. The number of benzene rings is 1. The van der Waals surface area contributed by atoms with Crippen molar-refractivity contribution >= 4 is 27.5 Å². The van der Waals surface area contributed by atoms with E-state index < -0.39 is 6.04 Å². The molecular formula is C15H14BrN5O. The highest BCUT2D eigenvalue weighted by molar-refractivity contribution is 9.10. The maximum absolute atomic E-state index is 12.2. The van der Waals surface area contributed by atoms with Gasteiger partial charge in [-0.3, -0.25) is 9.48 Å². The molecule has 2 aromatic heterocycles. The molecule has 0 aliphatic heterocycles. The van der Waals surface area contributed by atoms with Crippen LogP contribution in [-0.2, 0) is 4.79 Å². The average Bonchev–Trinajstić information content (AvgIpc) is 3.18. The van der Waals surface area contributed by atoms with E-state index in [9.17, 15) is 4.79 Å². The number of nitrogens with zero attached hydrogens (tertiary/aromatic N) is 4. The van der Waals surface area contributed by atoms with Crippen molar-refractivity contribution in [3.05, 3.63) is 59.6 Å². The lowest BCUT2D eigenvalue weighted by molar-refractivity contribution is -0.119. The van der Waals surface area contributed by atoms with Crippen LogP contribution in [0.5, 0.6) is 0 Å². The molecule has 2 heterocycles. The van der Waals surface area contributed by atoms with Gasteiger partial charge in [0.15, 0.2) is 0 Å². The minimum Gasteiger partial charge on any atom is -0.324 e. The molecule has 0 aliphatic rings. The first-order valence-electron chi connectivity index (χ1n) is 6.74. The summed E-state index contributed by atoms with van der Waals surface area (Å²) in [7, 11) is 0. The molecular weight excluding hydrogens is 346 g/mol. The first-order chi connectivity index (χ1) is 10.6. The van der Waals surface area contributed by atoms with Crippen molar-refractivity contribution in [1.82, 2.24) is 19.6 Å². The smallest absolute Gasteiger partial charge is 0.248 e. The molecule has 1 N–H and O–H groups in total. The lowest BCUT2D eigenvalue weighted by atomic mass is 10.2. The van der Waals surface area contributed by atoms with E-state index in [0.717, 1.165) is 15.8 Å². The molecule has 3 aromatic rings. The number of nitrogens with one attached hydrogen (secondary N) is 1. The Hall–Kier alpha value is -2.41. The highest BCUT2D eigenvalue weighted by atomic mass is 79.9. The van der Waals surface area contributed by atoms with Gasteiger partial charge in [0, 0.05) is 24.3 Å². The number of halogens is 1. The Balaban J connectivity index is 1.69. The molecule has 1 aromatic carbocycles. The van der Waals surface area contributed by atoms with Crippen LogP contribution >= 0.6 is 15.9 Å².